The second-order valence-corrected chi connectivity index (χ2v) is 7.23. The molecule has 0 aromatic heterocycles. The molecule has 0 fully saturated rings. The monoisotopic (exact) mass is 482 g/mol. The maximum absolute atomic E-state index is 12.4. The molecule has 0 radical (unpaired) electrons. The normalized spacial score (nSPS) is 12.6. The van der Waals surface area contributed by atoms with Crippen LogP contribution in [0.2, 0.25) is 0 Å². The SMILES string of the molecule is COC(=O)[C@@H](Cc1cc(I)ccc1OC)NC(=O)N[C@H](C)c1ccccc1. The fraction of sp³-hybridized carbons (Fsp3) is 0.300. The van der Waals surface area contributed by atoms with Crippen LogP contribution in [0.25, 0.3) is 0 Å². The van der Waals surface area contributed by atoms with Crippen molar-refractivity contribution in [2.24, 2.45) is 0 Å². The number of amides is 2. The molecule has 2 aromatic carbocycles. The number of hydrogen-bond donors (Lipinski definition) is 2. The Kier molecular flexibility index (Phi) is 7.90. The molecule has 0 unspecified atom stereocenters. The van der Waals surface area contributed by atoms with Crippen LogP contribution >= 0.6 is 22.6 Å². The molecule has 144 valence electrons. The summed E-state index contributed by atoms with van der Waals surface area (Å²) in [6, 6.07) is 13.8. The zero-order valence-corrected chi connectivity index (χ0v) is 17.6. The molecule has 2 atom stereocenters. The molecular weight excluding hydrogens is 459 g/mol. The average Bonchev–Trinajstić information content (AvgIpc) is 2.67. The molecule has 27 heavy (non-hydrogen) atoms. The van der Waals surface area contributed by atoms with Crippen LogP contribution in [-0.2, 0) is 16.0 Å². The summed E-state index contributed by atoms with van der Waals surface area (Å²) in [5, 5.41) is 5.55. The number of rotatable bonds is 7. The van der Waals surface area contributed by atoms with Crippen molar-refractivity contribution < 1.29 is 19.1 Å². The molecule has 0 aliphatic rings. The van der Waals surface area contributed by atoms with Gasteiger partial charge >= 0.3 is 12.0 Å². The number of esters is 1. The van der Waals surface area contributed by atoms with Crippen molar-refractivity contribution in [2.45, 2.75) is 25.4 Å². The predicted molar refractivity (Wildman–Crippen MR) is 112 cm³/mol. The fourth-order valence-corrected chi connectivity index (χ4v) is 3.24. The van der Waals surface area contributed by atoms with Gasteiger partial charge in [0.15, 0.2) is 0 Å². The van der Waals surface area contributed by atoms with Gasteiger partial charge in [0.05, 0.1) is 20.3 Å². The first-order chi connectivity index (χ1) is 12.9. The summed E-state index contributed by atoms with van der Waals surface area (Å²) in [6.45, 7) is 1.88. The Hall–Kier alpha value is -2.29. The van der Waals surface area contributed by atoms with Crippen molar-refractivity contribution in [3.8, 4) is 5.75 Å². The standard InChI is InChI=1S/C20H23IN2O4/c1-13(14-7-5-4-6-8-14)22-20(25)23-17(19(24)27-3)12-15-11-16(21)9-10-18(15)26-2/h4-11,13,17H,12H2,1-3H3,(H2,22,23,25)/t13-,17-/m1/s1. The second kappa shape index (κ2) is 10.1. The second-order valence-electron chi connectivity index (χ2n) is 5.99. The Bertz CT molecular complexity index is 783. The van der Waals surface area contributed by atoms with Gasteiger partial charge in [-0.15, -0.1) is 0 Å². The van der Waals surface area contributed by atoms with E-state index in [1.807, 2.05) is 55.5 Å². The van der Waals surface area contributed by atoms with Gasteiger partial charge in [0, 0.05) is 9.99 Å². The molecule has 6 nitrogen and oxygen atoms in total. The van der Waals surface area contributed by atoms with Gasteiger partial charge < -0.3 is 20.1 Å². The third-order valence-corrected chi connectivity index (χ3v) is 4.78. The van der Waals surface area contributed by atoms with E-state index in [1.165, 1.54) is 7.11 Å². The molecule has 2 rings (SSSR count). The lowest BCUT2D eigenvalue weighted by molar-refractivity contribution is -0.142. The van der Waals surface area contributed by atoms with Crippen molar-refractivity contribution in [1.29, 1.82) is 0 Å². The van der Waals surface area contributed by atoms with Crippen LogP contribution in [0.15, 0.2) is 48.5 Å². The summed E-state index contributed by atoms with van der Waals surface area (Å²) in [5.41, 5.74) is 1.79. The van der Waals surface area contributed by atoms with Gasteiger partial charge in [0.25, 0.3) is 0 Å². The number of urea groups is 1. The van der Waals surface area contributed by atoms with Crippen LogP contribution < -0.4 is 15.4 Å². The number of carbonyl (C=O) groups excluding carboxylic acids is 2. The van der Waals surface area contributed by atoms with Crippen molar-refractivity contribution in [3.63, 3.8) is 0 Å². The Morgan fingerprint density at radius 3 is 2.41 bits per heavy atom. The fourth-order valence-electron chi connectivity index (χ4n) is 2.68. The first-order valence-corrected chi connectivity index (χ1v) is 9.54. The number of halogens is 1. The topological polar surface area (TPSA) is 76.7 Å². The first kappa shape index (κ1) is 21.0. The Labute approximate surface area is 172 Å². The van der Waals surface area contributed by atoms with Crippen LogP contribution in [-0.4, -0.2) is 32.3 Å². The highest BCUT2D eigenvalue weighted by molar-refractivity contribution is 14.1. The Morgan fingerprint density at radius 1 is 1.07 bits per heavy atom. The van der Waals surface area contributed by atoms with Gasteiger partial charge in [0.1, 0.15) is 11.8 Å². The summed E-state index contributed by atoms with van der Waals surface area (Å²) in [7, 11) is 2.87. The van der Waals surface area contributed by atoms with Gasteiger partial charge in [0.2, 0.25) is 0 Å². The molecule has 2 N–H and O–H groups in total. The summed E-state index contributed by atoms with van der Waals surface area (Å²) in [4.78, 5) is 24.6. The highest BCUT2D eigenvalue weighted by Gasteiger charge is 2.24. The number of carbonyl (C=O) groups is 2. The van der Waals surface area contributed by atoms with Crippen LogP contribution in [0.4, 0.5) is 4.79 Å². The third kappa shape index (κ3) is 6.13. The molecule has 2 amide bonds. The minimum absolute atomic E-state index is 0.197. The smallest absolute Gasteiger partial charge is 0.328 e. The van der Waals surface area contributed by atoms with Gasteiger partial charge in [-0.1, -0.05) is 30.3 Å². The minimum atomic E-state index is -0.829. The Balaban J connectivity index is 2.09. The number of methoxy groups -OCH3 is 2. The van der Waals surface area contributed by atoms with E-state index in [0.29, 0.717) is 5.75 Å². The van der Waals surface area contributed by atoms with E-state index in [9.17, 15) is 9.59 Å². The van der Waals surface area contributed by atoms with Crippen molar-refractivity contribution in [2.75, 3.05) is 14.2 Å². The van der Waals surface area contributed by atoms with E-state index in [-0.39, 0.29) is 12.5 Å². The highest BCUT2D eigenvalue weighted by atomic mass is 127. The maximum atomic E-state index is 12.4. The molecule has 0 spiro atoms. The van der Waals surface area contributed by atoms with Crippen LogP contribution in [0.1, 0.15) is 24.1 Å². The summed E-state index contributed by atoms with van der Waals surface area (Å²) >= 11 is 2.19. The van der Waals surface area contributed by atoms with E-state index < -0.39 is 18.0 Å². The molecule has 0 bridgehead atoms. The predicted octanol–water partition coefficient (Wildman–Crippen LogP) is 3.44. The number of ether oxygens (including phenoxy) is 2. The summed E-state index contributed by atoms with van der Waals surface area (Å²) in [6.07, 6.45) is 0.264. The van der Waals surface area contributed by atoms with Gasteiger partial charge in [-0.3, -0.25) is 0 Å². The van der Waals surface area contributed by atoms with Crippen molar-refractivity contribution in [1.82, 2.24) is 10.6 Å². The van der Waals surface area contributed by atoms with Crippen LogP contribution in [0, 0.1) is 3.57 Å². The molecular formula is C20H23IN2O4. The molecule has 0 aliphatic carbocycles. The Morgan fingerprint density at radius 2 is 1.78 bits per heavy atom. The van der Waals surface area contributed by atoms with E-state index in [2.05, 4.69) is 33.2 Å². The van der Waals surface area contributed by atoms with E-state index in [0.717, 1.165) is 14.7 Å². The number of hydrogen-bond acceptors (Lipinski definition) is 4. The van der Waals surface area contributed by atoms with Gasteiger partial charge in [-0.2, -0.15) is 0 Å². The number of benzene rings is 2. The molecule has 0 saturated heterocycles. The lowest BCUT2D eigenvalue weighted by atomic mass is 10.0. The van der Waals surface area contributed by atoms with E-state index in [4.69, 9.17) is 9.47 Å². The molecule has 0 heterocycles. The molecule has 0 saturated carbocycles. The first-order valence-electron chi connectivity index (χ1n) is 8.46. The van der Waals surface area contributed by atoms with Crippen molar-refractivity contribution in [3.05, 3.63) is 63.2 Å². The van der Waals surface area contributed by atoms with Crippen LogP contribution in [0.5, 0.6) is 5.75 Å². The van der Waals surface area contributed by atoms with Crippen LogP contribution in [0.3, 0.4) is 0 Å². The summed E-state index contributed by atoms with van der Waals surface area (Å²) in [5.74, 6) is 0.141. The highest BCUT2D eigenvalue weighted by Crippen LogP contribution is 2.22. The zero-order valence-electron chi connectivity index (χ0n) is 15.5. The molecule has 0 aliphatic heterocycles. The van der Waals surface area contributed by atoms with Gasteiger partial charge in [-0.05, 0) is 58.8 Å². The van der Waals surface area contributed by atoms with Crippen molar-refractivity contribution >= 4 is 34.6 Å². The minimum Gasteiger partial charge on any atom is -0.496 e. The summed E-state index contributed by atoms with van der Waals surface area (Å²) < 4.78 is 11.2. The zero-order chi connectivity index (χ0) is 19.8. The van der Waals surface area contributed by atoms with E-state index in [1.54, 1.807) is 7.11 Å². The largest absolute Gasteiger partial charge is 0.496 e. The lowest BCUT2D eigenvalue weighted by Crippen LogP contribution is -2.48. The number of nitrogens with one attached hydrogen (secondary N) is 2. The van der Waals surface area contributed by atoms with E-state index >= 15 is 0 Å². The average molecular weight is 482 g/mol. The lowest BCUT2D eigenvalue weighted by Gasteiger charge is -2.20. The molecule has 7 heteroatoms. The van der Waals surface area contributed by atoms with Gasteiger partial charge in [-0.25, -0.2) is 9.59 Å². The maximum Gasteiger partial charge on any atom is 0.328 e. The quantitative estimate of drug-likeness (QED) is 0.469. The molecule has 2 aromatic rings. The third-order valence-electron chi connectivity index (χ3n) is 4.10.